The second-order valence-electron chi connectivity index (χ2n) is 22.0. The second-order valence-corrected chi connectivity index (χ2v) is 23.4. The molecule has 0 aliphatic rings. The Morgan fingerprint density at radius 3 is 1.24 bits per heavy atom. The number of phosphoric acid groups is 1. The second kappa shape index (κ2) is 56.2. The molecule has 0 aliphatic carbocycles. The fourth-order valence-electron chi connectivity index (χ4n) is 8.68. The van der Waals surface area contributed by atoms with Crippen LogP contribution >= 0.6 is 7.82 Å². The average Bonchev–Trinajstić information content (AvgIpc) is 3.37. The maximum absolute atomic E-state index is 13.0. The van der Waals surface area contributed by atoms with Gasteiger partial charge in [-0.2, -0.15) is 0 Å². The van der Waals surface area contributed by atoms with E-state index in [0.717, 1.165) is 96.3 Å². The first-order chi connectivity index (χ1) is 36.5. The molecule has 0 aliphatic heterocycles. The number of hydrogen-bond acceptors (Lipinski definition) is 6. The summed E-state index contributed by atoms with van der Waals surface area (Å²) >= 11 is 0. The Morgan fingerprint density at radius 2 is 0.827 bits per heavy atom. The Labute approximate surface area is 464 Å². The zero-order valence-corrected chi connectivity index (χ0v) is 50.4. The summed E-state index contributed by atoms with van der Waals surface area (Å²) in [6, 6.07) is -0.928. The molecule has 75 heavy (non-hydrogen) atoms. The number of hydrogen-bond donors (Lipinski definition) is 2. The number of carbonyl (C=O) groups excluding carboxylic acids is 1. The van der Waals surface area contributed by atoms with E-state index in [0.29, 0.717) is 17.4 Å². The standard InChI is InChI=1S/C66H119N2O6P/c1-6-8-10-12-14-16-18-20-22-24-26-28-29-30-31-32-33-34-35-36-37-38-40-41-43-45-47-49-51-53-55-57-59-65(69)64(63-74-75(71,72)73-62-61-68(3,4)5)67-66(70)60-58-56-54-52-50-48-46-44-42-39-27-25-23-21-19-17-15-13-11-9-7-2/h9,11,15,17,21,23,27,39,41,43-44,46,49,51,57,59,64-65,69H,6-8,10,12-14,16,18-20,22,24-26,28-38,40,42,45,47-48,50,52-56,58,60-63H2,1-5H3,(H-,67,70,71,72)/b11-9-,17-15-,23-21-,39-27-,43-41+,46-44-,51-49+,59-57+. The molecule has 0 aromatic heterocycles. The molecule has 8 nitrogen and oxygen atoms in total. The molecule has 0 spiro atoms. The number of quaternary nitrogens is 1. The Morgan fingerprint density at radius 1 is 0.480 bits per heavy atom. The Kier molecular flexibility index (Phi) is 54.2. The molecular formula is C66H119N2O6P. The van der Waals surface area contributed by atoms with Crippen molar-refractivity contribution in [1.29, 1.82) is 0 Å². The highest BCUT2D eigenvalue weighted by molar-refractivity contribution is 7.45. The van der Waals surface area contributed by atoms with Gasteiger partial charge in [-0.1, -0.05) is 265 Å². The van der Waals surface area contributed by atoms with Gasteiger partial charge in [-0.05, 0) is 89.9 Å². The lowest BCUT2D eigenvalue weighted by Crippen LogP contribution is -2.45. The van der Waals surface area contributed by atoms with Gasteiger partial charge in [0.05, 0.1) is 39.9 Å². The van der Waals surface area contributed by atoms with Gasteiger partial charge in [0.25, 0.3) is 7.82 Å². The minimum absolute atomic E-state index is 0.0183. The van der Waals surface area contributed by atoms with Gasteiger partial charge in [0.2, 0.25) is 5.91 Å². The van der Waals surface area contributed by atoms with Crippen LogP contribution in [0.2, 0.25) is 0 Å². The molecule has 0 fully saturated rings. The first-order valence-corrected chi connectivity index (χ1v) is 32.6. The van der Waals surface area contributed by atoms with Crippen LogP contribution in [0.3, 0.4) is 0 Å². The van der Waals surface area contributed by atoms with Crippen LogP contribution < -0.4 is 10.2 Å². The predicted molar refractivity (Wildman–Crippen MR) is 325 cm³/mol. The largest absolute Gasteiger partial charge is 0.756 e. The summed E-state index contributed by atoms with van der Waals surface area (Å²) in [5, 5.41) is 13.9. The van der Waals surface area contributed by atoms with E-state index in [2.05, 4.69) is 104 Å². The number of likely N-dealkylation sites (N-methyl/N-ethyl adjacent to an activating group) is 1. The first kappa shape index (κ1) is 72.4. The Balaban J connectivity index is 4.24. The molecule has 1 amide bonds. The topological polar surface area (TPSA) is 108 Å². The molecule has 2 N–H and O–H groups in total. The number of aliphatic hydroxyl groups excluding tert-OH is 1. The van der Waals surface area contributed by atoms with E-state index in [4.69, 9.17) is 9.05 Å². The van der Waals surface area contributed by atoms with E-state index in [1.165, 1.54) is 148 Å². The predicted octanol–water partition coefficient (Wildman–Crippen LogP) is 18.7. The van der Waals surface area contributed by atoms with Crippen molar-refractivity contribution in [2.24, 2.45) is 0 Å². The number of phosphoric ester groups is 1. The molecule has 3 unspecified atom stereocenters. The monoisotopic (exact) mass is 1070 g/mol. The van der Waals surface area contributed by atoms with Crippen LogP contribution in [0.25, 0.3) is 0 Å². The number of unbranched alkanes of at least 4 members (excludes halogenated alkanes) is 29. The number of rotatable bonds is 56. The van der Waals surface area contributed by atoms with Crippen LogP contribution in [-0.4, -0.2) is 68.5 Å². The minimum Gasteiger partial charge on any atom is -0.756 e. The average molecular weight is 1070 g/mol. The number of amides is 1. The first-order valence-electron chi connectivity index (χ1n) is 31.1. The lowest BCUT2D eigenvalue weighted by atomic mass is 10.0. The molecule has 0 aromatic carbocycles. The number of carbonyl (C=O) groups is 1. The van der Waals surface area contributed by atoms with Gasteiger partial charge in [-0.15, -0.1) is 0 Å². The van der Waals surface area contributed by atoms with Crippen LogP contribution in [-0.2, 0) is 18.4 Å². The highest BCUT2D eigenvalue weighted by Gasteiger charge is 2.23. The van der Waals surface area contributed by atoms with Crippen molar-refractivity contribution >= 4 is 13.7 Å². The summed E-state index contributed by atoms with van der Waals surface area (Å²) in [7, 11) is 1.21. The molecule has 9 heteroatoms. The summed E-state index contributed by atoms with van der Waals surface area (Å²) in [5.74, 6) is -0.232. The van der Waals surface area contributed by atoms with Gasteiger partial charge in [0.15, 0.2) is 0 Å². The smallest absolute Gasteiger partial charge is 0.268 e. The van der Waals surface area contributed by atoms with Crippen molar-refractivity contribution in [2.75, 3.05) is 40.9 Å². The van der Waals surface area contributed by atoms with E-state index in [1.807, 2.05) is 27.2 Å². The van der Waals surface area contributed by atoms with Crippen LogP contribution in [0.1, 0.15) is 264 Å². The van der Waals surface area contributed by atoms with Crippen molar-refractivity contribution in [3.05, 3.63) is 97.2 Å². The highest BCUT2D eigenvalue weighted by Crippen LogP contribution is 2.38. The van der Waals surface area contributed by atoms with Crippen molar-refractivity contribution in [2.45, 2.75) is 276 Å². The van der Waals surface area contributed by atoms with Gasteiger partial charge in [-0.3, -0.25) is 9.36 Å². The van der Waals surface area contributed by atoms with E-state index in [1.54, 1.807) is 6.08 Å². The molecule has 0 rings (SSSR count). The molecule has 0 bridgehead atoms. The molecular weight excluding hydrogens is 948 g/mol. The minimum atomic E-state index is -4.62. The fourth-order valence-corrected chi connectivity index (χ4v) is 9.41. The number of nitrogens with zero attached hydrogens (tertiary/aromatic N) is 1. The van der Waals surface area contributed by atoms with Crippen LogP contribution in [0.15, 0.2) is 97.2 Å². The van der Waals surface area contributed by atoms with Crippen LogP contribution in [0.5, 0.6) is 0 Å². The van der Waals surface area contributed by atoms with E-state index >= 15 is 0 Å². The zero-order chi connectivity index (χ0) is 54.9. The maximum Gasteiger partial charge on any atom is 0.268 e. The van der Waals surface area contributed by atoms with Gasteiger partial charge in [-0.25, -0.2) is 0 Å². The SMILES string of the molecule is CC/C=C\C/C=C\C/C=C\C/C=C\C/C=C\CCCCCCCC(=O)NC(COP(=O)([O-])OCC[N+](C)(C)C)C(O)/C=C/CC/C=C/CC/C=C/CCCCCCCCCCCCCCCCCCCCCCCC. The van der Waals surface area contributed by atoms with Crippen molar-refractivity contribution in [3.63, 3.8) is 0 Å². The molecule has 0 saturated heterocycles. The molecule has 3 atom stereocenters. The quantitative estimate of drug-likeness (QED) is 0.0272. The van der Waals surface area contributed by atoms with Gasteiger partial charge in [0, 0.05) is 6.42 Å². The zero-order valence-electron chi connectivity index (χ0n) is 49.5. The molecule has 0 saturated carbocycles. The molecule has 0 heterocycles. The summed E-state index contributed by atoms with van der Waals surface area (Å²) < 4.78 is 23.3. The van der Waals surface area contributed by atoms with Crippen molar-refractivity contribution in [3.8, 4) is 0 Å². The summed E-state index contributed by atoms with van der Waals surface area (Å²) in [6.07, 6.45) is 80.9. The Hall–Kier alpha value is -2.58. The van der Waals surface area contributed by atoms with Crippen molar-refractivity contribution in [1.82, 2.24) is 5.32 Å². The summed E-state index contributed by atoms with van der Waals surface area (Å²) in [5.41, 5.74) is 0. The fraction of sp³-hybridized carbons (Fsp3) is 0.742. The van der Waals surface area contributed by atoms with E-state index in [9.17, 15) is 19.4 Å². The van der Waals surface area contributed by atoms with Gasteiger partial charge < -0.3 is 28.8 Å². The molecule has 0 radical (unpaired) electrons. The van der Waals surface area contributed by atoms with E-state index < -0.39 is 26.6 Å². The lowest BCUT2D eigenvalue weighted by Gasteiger charge is -2.29. The third kappa shape index (κ3) is 58.9. The third-order valence-corrected chi connectivity index (χ3v) is 14.5. The third-order valence-electron chi connectivity index (χ3n) is 13.5. The van der Waals surface area contributed by atoms with Crippen molar-refractivity contribution < 1.29 is 32.9 Å². The maximum atomic E-state index is 13.0. The number of nitrogens with one attached hydrogen (secondary N) is 1. The normalized spacial score (nSPS) is 14.5. The van der Waals surface area contributed by atoms with Gasteiger partial charge >= 0.3 is 0 Å². The lowest BCUT2D eigenvalue weighted by molar-refractivity contribution is -0.870. The summed E-state index contributed by atoms with van der Waals surface area (Å²) in [6.45, 7) is 4.50. The Bertz CT molecular complexity index is 1540. The van der Waals surface area contributed by atoms with Crippen LogP contribution in [0.4, 0.5) is 0 Å². The van der Waals surface area contributed by atoms with Gasteiger partial charge in [0.1, 0.15) is 13.2 Å². The van der Waals surface area contributed by atoms with E-state index in [-0.39, 0.29) is 12.5 Å². The number of aliphatic hydroxyl groups is 1. The number of allylic oxidation sites excluding steroid dienone is 15. The molecule has 0 aromatic rings. The summed E-state index contributed by atoms with van der Waals surface area (Å²) in [4.78, 5) is 25.5. The molecule has 434 valence electrons. The highest BCUT2D eigenvalue weighted by atomic mass is 31.2. The van der Waals surface area contributed by atoms with Crippen LogP contribution in [0, 0.1) is 0 Å².